The summed E-state index contributed by atoms with van der Waals surface area (Å²) in [5.41, 5.74) is 4.51. The highest BCUT2D eigenvalue weighted by molar-refractivity contribution is 5.53. The molecule has 5 rings (SSSR count). The molecule has 3 aromatic heterocycles. The van der Waals surface area contributed by atoms with Crippen molar-refractivity contribution < 1.29 is 4.57 Å². The van der Waals surface area contributed by atoms with E-state index >= 15 is 0 Å². The standard InChI is InChI=1S/C24H25N4/c1-18-9-11-19(12-10-18)24(13-14-24)22-26-25-21-20(8-7-17-28(21)22)23(2,3)27-15-5-4-6-16-27/h4-12,15-17H,13-14H2,1-3H3/q+1. The summed E-state index contributed by atoms with van der Waals surface area (Å²) in [5.74, 6) is 1.06. The Morgan fingerprint density at radius 3 is 2.32 bits per heavy atom. The molecule has 0 aliphatic heterocycles. The van der Waals surface area contributed by atoms with Crippen LogP contribution in [0.2, 0.25) is 0 Å². The number of hydrogen-bond donors (Lipinski definition) is 0. The first-order valence-electron chi connectivity index (χ1n) is 9.91. The Balaban J connectivity index is 1.65. The molecule has 0 unspecified atom stereocenters. The molecule has 1 saturated carbocycles. The largest absolute Gasteiger partial charge is 0.285 e. The third-order valence-corrected chi connectivity index (χ3v) is 6.24. The number of aryl methyl sites for hydroxylation is 1. The lowest BCUT2D eigenvalue weighted by molar-refractivity contribution is -0.747. The van der Waals surface area contributed by atoms with Crippen LogP contribution in [0.4, 0.5) is 0 Å². The van der Waals surface area contributed by atoms with E-state index in [9.17, 15) is 0 Å². The number of hydrogen-bond acceptors (Lipinski definition) is 2. The molecular formula is C24H25N4+. The number of fused-ring (bicyclic) bond motifs is 1. The summed E-state index contributed by atoms with van der Waals surface area (Å²) in [5, 5.41) is 9.36. The van der Waals surface area contributed by atoms with E-state index in [4.69, 9.17) is 5.10 Å². The lowest BCUT2D eigenvalue weighted by Gasteiger charge is -2.20. The maximum atomic E-state index is 4.70. The molecule has 0 bridgehead atoms. The molecule has 4 aromatic rings. The van der Waals surface area contributed by atoms with Gasteiger partial charge in [-0.1, -0.05) is 35.9 Å². The predicted octanol–water partition coefficient (Wildman–Crippen LogP) is 4.19. The summed E-state index contributed by atoms with van der Waals surface area (Å²) in [6.45, 7) is 6.58. The normalized spacial score (nSPS) is 15.7. The van der Waals surface area contributed by atoms with E-state index in [0.29, 0.717) is 0 Å². The zero-order valence-corrected chi connectivity index (χ0v) is 16.6. The predicted molar refractivity (Wildman–Crippen MR) is 109 cm³/mol. The second-order valence-corrected chi connectivity index (χ2v) is 8.43. The van der Waals surface area contributed by atoms with Crippen molar-refractivity contribution in [1.82, 2.24) is 14.6 Å². The van der Waals surface area contributed by atoms with Gasteiger partial charge in [0.2, 0.25) is 0 Å². The number of nitrogens with zero attached hydrogens (tertiary/aromatic N) is 4. The average molecular weight is 369 g/mol. The fourth-order valence-corrected chi connectivity index (χ4v) is 4.27. The molecule has 0 radical (unpaired) electrons. The van der Waals surface area contributed by atoms with Crippen molar-refractivity contribution in [3.63, 3.8) is 0 Å². The Morgan fingerprint density at radius 2 is 1.64 bits per heavy atom. The van der Waals surface area contributed by atoms with Crippen molar-refractivity contribution in [3.05, 3.63) is 95.7 Å². The molecular weight excluding hydrogens is 344 g/mol. The molecule has 0 atom stereocenters. The van der Waals surface area contributed by atoms with Gasteiger partial charge in [-0.2, -0.15) is 4.57 Å². The Kier molecular flexibility index (Phi) is 3.66. The quantitative estimate of drug-likeness (QED) is 0.506. The molecule has 4 nitrogen and oxygen atoms in total. The maximum absolute atomic E-state index is 4.70. The third kappa shape index (κ3) is 2.48. The summed E-state index contributed by atoms with van der Waals surface area (Å²) in [6, 6.07) is 19.3. The molecule has 1 aliphatic carbocycles. The van der Waals surface area contributed by atoms with Gasteiger partial charge in [0.15, 0.2) is 23.6 Å². The van der Waals surface area contributed by atoms with Crippen LogP contribution in [0.15, 0.2) is 73.2 Å². The van der Waals surface area contributed by atoms with Gasteiger partial charge in [0, 0.05) is 32.2 Å². The number of benzene rings is 1. The van der Waals surface area contributed by atoms with Gasteiger partial charge in [-0.3, -0.25) is 4.40 Å². The van der Waals surface area contributed by atoms with Crippen LogP contribution in [0.5, 0.6) is 0 Å². The van der Waals surface area contributed by atoms with E-state index in [1.54, 1.807) is 0 Å². The summed E-state index contributed by atoms with van der Waals surface area (Å²) < 4.78 is 4.43. The van der Waals surface area contributed by atoms with Crippen LogP contribution in [0, 0.1) is 6.92 Å². The summed E-state index contributed by atoms with van der Waals surface area (Å²) >= 11 is 0. The summed E-state index contributed by atoms with van der Waals surface area (Å²) in [7, 11) is 0. The highest BCUT2D eigenvalue weighted by Gasteiger charge is 2.50. The fourth-order valence-electron chi connectivity index (χ4n) is 4.27. The van der Waals surface area contributed by atoms with Crippen LogP contribution in [0.25, 0.3) is 5.65 Å². The first-order chi connectivity index (χ1) is 13.5. The molecule has 1 aromatic carbocycles. The van der Waals surface area contributed by atoms with Crippen LogP contribution >= 0.6 is 0 Å². The minimum atomic E-state index is -0.228. The molecule has 28 heavy (non-hydrogen) atoms. The Labute approximate surface area is 165 Å². The summed E-state index contributed by atoms with van der Waals surface area (Å²) in [6.07, 6.45) is 8.56. The molecule has 3 heterocycles. The monoisotopic (exact) mass is 369 g/mol. The first kappa shape index (κ1) is 17.1. The first-order valence-corrected chi connectivity index (χ1v) is 9.91. The van der Waals surface area contributed by atoms with Gasteiger partial charge in [-0.05, 0) is 37.5 Å². The van der Waals surface area contributed by atoms with Crippen molar-refractivity contribution in [1.29, 1.82) is 0 Å². The molecule has 0 saturated heterocycles. The molecule has 0 N–H and O–H groups in total. The van der Waals surface area contributed by atoms with Crippen molar-refractivity contribution in [2.24, 2.45) is 0 Å². The summed E-state index contributed by atoms with van der Waals surface area (Å²) in [4.78, 5) is 0. The van der Waals surface area contributed by atoms with Gasteiger partial charge in [0.1, 0.15) is 5.82 Å². The maximum Gasteiger partial charge on any atom is 0.191 e. The van der Waals surface area contributed by atoms with Gasteiger partial charge >= 0.3 is 0 Å². The molecule has 0 amide bonds. The third-order valence-electron chi connectivity index (χ3n) is 6.24. The zero-order valence-electron chi connectivity index (χ0n) is 16.6. The van der Waals surface area contributed by atoms with Crippen LogP contribution in [-0.2, 0) is 11.0 Å². The van der Waals surface area contributed by atoms with Crippen LogP contribution in [-0.4, -0.2) is 14.6 Å². The van der Waals surface area contributed by atoms with E-state index in [2.05, 4.69) is 102 Å². The number of aromatic nitrogens is 4. The van der Waals surface area contributed by atoms with E-state index in [1.807, 2.05) is 6.07 Å². The van der Waals surface area contributed by atoms with E-state index in [-0.39, 0.29) is 11.0 Å². The SMILES string of the molecule is Cc1ccc(C2(c3nnc4c(C(C)(C)[n+]5ccccc5)cccn34)CC2)cc1. The minimum Gasteiger partial charge on any atom is -0.285 e. The fraction of sp³-hybridized carbons (Fsp3) is 0.292. The minimum absolute atomic E-state index is 0.00419. The zero-order chi connectivity index (χ0) is 19.4. The molecule has 0 spiro atoms. The van der Waals surface area contributed by atoms with Crippen molar-refractivity contribution in [2.75, 3.05) is 0 Å². The Morgan fingerprint density at radius 1 is 0.929 bits per heavy atom. The highest BCUT2D eigenvalue weighted by Crippen LogP contribution is 2.52. The molecule has 1 aliphatic rings. The van der Waals surface area contributed by atoms with E-state index in [0.717, 1.165) is 24.3 Å². The van der Waals surface area contributed by atoms with Crippen molar-refractivity contribution >= 4 is 5.65 Å². The van der Waals surface area contributed by atoms with E-state index in [1.165, 1.54) is 16.7 Å². The molecule has 140 valence electrons. The number of rotatable bonds is 4. The molecule has 1 fully saturated rings. The van der Waals surface area contributed by atoms with Crippen LogP contribution < -0.4 is 4.57 Å². The second kappa shape index (κ2) is 5.99. The van der Waals surface area contributed by atoms with Gasteiger partial charge in [0.05, 0.1) is 11.0 Å². The lowest BCUT2D eigenvalue weighted by atomic mass is 9.93. The Bertz CT molecular complexity index is 1140. The Hall–Kier alpha value is -3.01. The van der Waals surface area contributed by atoms with Crippen molar-refractivity contribution in [2.45, 2.75) is 44.6 Å². The van der Waals surface area contributed by atoms with Crippen LogP contribution in [0.1, 0.15) is 49.2 Å². The van der Waals surface area contributed by atoms with Gasteiger partial charge < -0.3 is 0 Å². The van der Waals surface area contributed by atoms with Crippen molar-refractivity contribution in [3.8, 4) is 0 Å². The second-order valence-electron chi connectivity index (χ2n) is 8.43. The topological polar surface area (TPSA) is 34.1 Å². The smallest absolute Gasteiger partial charge is 0.191 e. The van der Waals surface area contributed by atoms with Crippen LogP contribution in [0.3, 0.4) is 0 Å². The van der Waals surface area contributed by atoms with Gasteiger partial charge in [0.25, 0.3) is 0 Å². The average Bonchev–Trinajstić information content (AvgIpc) is 3.40. The molecule has 4 heteroatoms. The van der Waals surface area contributed by atoms with Gasteiger partial charge in [-0.15, -0.1) is 10.2 Å². The lowest BCUT2D eigenvalue weighted by Crippen LogP contribution is -2.52. The number of pyridine rings is 2. The highest BCUT2D eigenvalue weighted by atomic mass is 15.3. The van der Waals surface area contributed by atoms with Gasteiger partial charge in [-0.25, -0.2) is 0 Å². The van der Waals surface area contributed by atoms with E-state index < -0.39 is 0 Å².